The molecule has 0 spiro atoms. The molecule has 2 aromatic carbocycles. The zero-order valence-electron chi connectivity index (χ0n) is 10.7. The van der Waals surface area contributed by atoms with Gasteiger partial charge in [0.1, 0.15) is 5.75 Å². The SMILES string of the molecule is NCc1ccc(-c2ccc3c(c2)CCCO3)c(Cl)c1. The van der Waals surface area contributed by atoms with E-state index in [1.807, 2.05) is 24.3 Å². The minimum absolute atomic E-state index is 0.512. The summed E-state index contributed by atoms with van der Waals surface area (Å²) in [5, 5.41) is 0.750. The van der Waals surface area contributed by atoms with Crippen molar-refractivity contribution in [2.75, 3.05) is 6.61 Å². The normalized spacial score (nSPS) is 13.8. The number of benzene rings is 2. The first-order valence-corrected chi connectivity index (χ1v) is 6.90. The van der Waals surface area contributed by atoms with Crippen LogP contribution in [0.2, 0.25) is 5.02 Å². The Bertz CT molecular complexity index is 610. The third-order valence-electron chi connectivity index (χ3n) is 3.49. The number of halogens is 1. The van der Waals surface area contributed by atoms with E-state index in [0.29, 0.717) is 6.54 Å². The van der Waals surface area contributed by atoms with Crippen LogP contribution in [0, 0.1) is 0 Å². The summed E-state index contributed by atoms with van der Waals surface area (Å²) >= 11 is 6.34. The molecule has 0 radical (unpaired) electrons. The molecule has 19 heavy (non-hydrogen) atoms. The van der Waals surface area contributed by atoms with E-state index in [1.54, 1.807) is 0 Å². The first kappa shape index (κ1) is 12.5. The maximum absolute atomic E-state index is 6.34. The quantitative estimate of drug-likeness (QED) is 0.903. The molecule has 2 aromatic rings. The second-order valence-electron chi connectivity index (χ2n) is 4.79. The van der Waals surface area contributed by atoms with Crippen molar-refractivity contribution in [2.24, 2.45) is 5.73 Å². The first-order chi connectivity index (χ1) is 9.28. The fraction of sp³-hybridized carbons (Fsp3) is 0.250. The highest BCUT2D eigenvalue weighted by Crippen LogP contribution is 2.33. The third-order valence-corrected chi connectivity index (χ3v) is 3.80. The monoisotopic (exact) mass is 273 g/mol. The Morgan fingerprint density at radius 3 is 2.84 bits per heavy atom. The average Bonchev–Trinajstić information content (AvgIpc) is 2.46. The van der Waals surface area contributed by atoms with Crippen molar-refractivity contribution in [1.82, 2.24) is 0 Å². The molecule has 2 N–H and O–H groups in total. The van der Waals surface area contributed by atoms with Gasteiger partial charge in [-0.25, -0.2) is 0 Å². The van der Waals surface area contributed by atoms with Crippen LogP contribution in [0.5, 0.6) is 5.75 Å². The molecule has 1 aliphatic rings. The lowest BCUT2D eigenvalue weighted by molar-refractivity contribution is 0.288. The molecular weight excluding hydrogens is 258 g/mol. The second kappa shape index (κ2) is 5.24. The van der Waals surface area contributed by atoms with Crippen LogP contribution in [0.4, 0.5) is 0 Å². The molecule has 3 heteroatoms. The van der Waals surface area contributed by atoms with E-state index in [-0.39, 0.29) is 0 Å². The molecule has 0 amide bonds. The van der Waals surface area contributed by atoms with Crippen molar-refractivity contribution in [3.05, 3.63) is 52.5 Å². The van der Waals surface area contributed by atoms with Gasteiger partial charge in [0.05, 0.1) is 6.61 Å². The number of aryl methyl sites for hydroxylation is 1. The zero-order chi connectivity index (χ0) is 13.2. The Hall–Kier alpha value is -1.51. The number of rotatable bonds is 2. The van der Waals surface area contributed by atoms with Crippen molar-refractivity contribution in [3.8, 4) is 16.9 Å². The van der Waals surface area contributed by atoms with Crippen LogP contribution in [0.15, 0.2) is 36.4 Å². The smallest absolute Gasteiger partial charge is 0.122 e. The lowest BCUT2D eigenvalue weighted by Crippen LogP contribution is -2.08. The molecule has 3 rings (SSSR count). The fourth-order valence-electron chi connectivity index (χ4n) is 2.45. The van der Waals surface area contributed by atoms with E-state index in [4.69, 9.17) is 22.1 Å². The van der Waals surface area contributed by atoms with E-state index in [9.17, 15) is 0 Å². The molecule has 0 saturated carbocycles. The largest absolute Gasteiger partial charge is 0.493 e. The highest BCUT2D eigenvalue weighted by molar-refractivity contribution is 6.33. The third kappa shape index (κ3) is 2.46. The first-order valence-electron chi connectivity index (χ1n) is 6.52. The summed E-state index contributed by atoms with van der Waals surface area (Å²) in [6.45, 7) is 1.33. The van der Waals surface area contributed by atoms with Crippen LogP contribution in [-0.2, 0) is 13.0 Å². The van der Waals surface area contributed by atoms with E-state index >= 15 is 0 Å². The van der Waals surface area contributed by atoms with Crippen molar-refractivity contribution in [1.29, 1.82) is 0 Å². The summed E-state index contributed by atoms with van der Waals surface area (Å²) in [6.07, 6.45) is 2.15. The van der Waals surface area contributed by atoms with Gasteiger partial charge in [-0.2, -0.15) is 0 Å². The highest BCUT2D eigenvalue weighted by atomic mass is 35.5. The molecule has 0 aliphatic carbocycles. The van der Waals surface area contributed by atoms with Gasteiger partial charge in [-0.1, -0.05) is 29.8 Å². The minimum atomic E-state index is 0.512. The molecule has 1 heterocycles. The van der Waals surface area contributed by atoms with Crippen LogP contribution in [0.3, 0.4) is 0 Å². The maximum atomic E-state index is 6.34. The van der Waals surface area contributed by atoms with Gasteiger partial charge in [-0.05, 0) is 47.7 Å². The van der Waals surface area contributed by atoms with Gasteiger partial charge in [0, 0.05) is 17.1 Å². The summed E-state index contributed by atoms with van der Waals surface area (Å²) < 4.78 is 5.63. The van der Waals surface area contributed by atoms with Gasteiger partial charge in [0.25, 0.3) is 0 Å². The summed E-state index contributed by atoms with van der Waals surface area (Å²) in [5.74, 6) is 1.00. The number of fused-ring (bicyclic) bond motifs is 1. The van der Waals surface area contributed by atoms with Gasteiger partial charge in [0.15, 0.2) is 0 Å². The molecule has 98 valence electrons. The molecule has 2 nitrogen and oxygen atoms in total. The lowest BCUT2D eigenvalue weighted by atomic mass is 9.98. The average molecular weight is 274 g/mol. The summed E-state index contributed by atoms with van der Waals surface area (Å²) in [6, 6.07) is 12.3. The minimum Gasteiger partial charge on any atom is -0.493 e. The second-order valence-corrected chi connectivity index (χ2v) is 5.20. The van der Waals surface area contributed by atoms with Crippen LogP contribution < -0.4 is 10.5 Å². The standard InChI is InChI=1S/C16H16ClNO/c17-15-8-11(10-18)3-5-14(15)12-4-6-16-13(9-12)2-1-7-19-16/h3-6,8-9H,1-2,7,10,18H2. The summed E-state index contributed by atoms with van der Waals surface area (Å²) in [7, 11) is 0. The van der Waals surface area contributed by atoms with Crippen LogP contribution in [0.1, 0.15) is 17.5 Å². The number of hydrogen-bond donors (Lipinski definition) is 1. The fourth-order valence-corrected chi connectivity index (χ4v) is 2.76. The summed E-state index contributed by atoms with van der Waals surface area (Å²) in [4.78, 5) is 0. The highest BCUT2D eigenvalue weighted by Gasteiger charge is 2.12. The number of ether oxygens (including phenoxy) is 1. The Morgan fingerprint density at radius 2 is 2.05 bits per heavy atom. The molecule has 0 unspecified atom stereocenters. The van der Waals surface area contributed by atoms with E-state index in [1.165, 1.54) is 5.56 Å². The Morgan fingerprint density at radius 1 is 1.16 bits per heavy atom. The van der Waals surface area contributed by atoms with Crippen LogP contribution >= 0.6 is 11.6 Å². The number of hydrogen-bond acceptors (Lipinski definition) is 2. The molecule has 0 saturated heterocycles. The Kier molecular flexibility index (Phi) is 3.45. The van der Waals surface area contributed by atoms with Crippen molar-refractivity contribution in [2.45, 2.75) is 19.4 Å². The van der Waals surface area contributed by atoms with E-state index in [0.717, 1.165) is 46.9 Å². The molecule has 0 bridgehead atoms. The molecular formula is C16H16ClNO. The van der Waals surface area contributed by atoms with Crippen molar-refractivity contribution >= 4 is 11.6 Å². The molecule has 0 fully saturated rings. The van der Waals surface area contributed by atoms with Gasteiger partial charge < -0.3 is 10.5 Å². The van der Waals surface area contributed by atoms with Crippen molar-refractivity contribution in [3.63, 3.8) is 0 Å². The van der Waals surface area contributed by atoms with E-state index < -0.39 is 0 Å². The summed E-state index contributed by atoms with van der Waals surface area (Å²) in [5.41, 5.74) is 10.1. The molecule has 0 atom stereocenters. The van der Waals surface area contributed by atoms with Gasteiger partial charge >= 0.3 is 0 Å². The van der Waals surface area contributed by atoms with Crippen LogP contribution in [0.25, 0.3) is 11.1 Å². The molecule has 1 aliphatic heterocycles. The predicted molar refractivity (Wildman–Crippen MR) is 78.6 cm³/mol. The lowest BCUT2D eigenvalue weighted by Gasteiger charge is -2.18. The van der Waals surface area contributed by atoms with Gasteiger partial charge in [-0.3, -0.25) is 0 Å². The number of nitrogens with two attached hydrogens (primary N) is 1. The Balaban J connectivity index is 2.02. The van der Waals surface area contributed by atoms with Crippen LogP contribution in [-0.4, -0.2) is 6.61 Å². The zero-order valence-corrected chi connectivity index (χ0v) is 11.4. The predicted octanol–water partition coefficient (Wildman–Crippen LogP) is 3.79. The Labute approximate surface area is 118 Å². The van der Waals surface area contributed by atoms with Crippen molar-refractivity contribution < 1.29 is 4.74 Å². The van der Waals surface area contributed by atoms with E-state index in [2.05, 4.69) is 12.1 Å². The maximum Gasteiger partial charge on any atom is 0.122 e. The van der Waals surface area contributed by atoms with Gasteiger partial charge in [0.2, 0.25) is 0 Å². The molecule has 0 aromatic heterocycles. The van der Waals surface area contributed by atoms with Gasteiger partial charge in [-0.15, -0.1) is 0 Å². The topological polar surface area (TPSA) is 35.2 Å².